The van der Waals surface area contributed by atoms with E-state index in [0.29, 0.717) is 5.69 Å². The molecule has 0 saturated carbocycles. The maximum atomic E-state index is 12.1. The van der Waals surface area contributed by atoms with Gasteiger partial charge in [-0.2, -0.15) is 5.10 Å². The number of aryl methyl sites for hydroxylation is 2. The summed E-state index contributed by atoms with van der Waals surface area (Å²) >= 11 is 0. The maximum absolute atomic E-state index is 12.1. The number of esters is 2. The van der Waals surface area contributed by atoms with Gasteiger partial charge < -0.3 is 14.8 Å². The van der Waals surface area contributed by atoms with Crippen molar-refractivity contribution >= 4 is 17.8 Å². The number of ether oxygens (including phenoxy) is 2. The third-order valence-electron chi connectivity index (χ3n) is 2.55. The number of carbonyl (C=O) groups is 3. The molecular weight excluding hydrogens is 278 g/mol. The zero-order valence-electron chi connectivity index (χ0n) is 12.5. The van der Waals surface area contributed by atoms with E-state index in [1.54, 1.807) is 33.9 Å². The minimum atomic E-state index is -1.49. The van der Waals surface area contributed by atoms with Crippen molar-refractivity contribution in [3.63, 3.8) is 0 Å². The molecule has 1 N–H and O–H groups in total. The van der Waals surface area contributed by atoms with Gasteiger partial charge in [-0.15, -0.1) is 0 Å². The standard InChI is InChI=1S/C13H19N3O5/c1-5-20-12(18)10(13(19)21-6-2)14-11(17)9-7-8(3)15-16(9)4/h7,10H,5-6H2,1-4H3,(H,14,17). The first-order valence-electron chi connectivity index (χ1n) is 6.55. The minimum absolute atomic E-state index is 0.0927. The summed E-state index contributed by atoms with van der Waals surface area (Å²) in [7, 11) is 1.59. The smallest absolute Gasteiger partial charge is 0.340 e. The van der Waals surface area contributed by atoms with E-state index in [2.05, 4.69) is 10.4 Å². The Balaban J connectivity index is 2.90. The third kappa shape index (κ3) is 4.30. The van der Waals surface area contributed by atoms with Gasteiger partial charge in [-0.1, -0.05) is 0 Å². The Hall–Kier alpha value is -2.38. The van der Waals surface area contributed by atoms with E-state index in [1.165, 1.54) is 4.68 Å². The van der Waals surface area contributed by atoms with Crippen LogP contribution >= 0.6 is 0 Å². The number of nitrogens with one attached hydrogen (secondary N) is 1. The van der Waals surface area contributed by atoms with Crippen molar-refractivity contribution < 1.29 is 23.9 Å². The van der Waals surface area contributed by atoms with E-state index >= 15 is 0 Å². The first kappa shape index (κ1) is 16.7. The number of hydrogen-bond acceptors (Lipinski definition) is 6. The van der Waals surface area contributed by atoms with Gasteiger partial charge >= 0.3 is 11.9 Å². The molecule has 0 fully saturated rings. The molecule has 0 aliphatic heterocycles. The van der Waals surface area contributed by atoms with Crippen LogP contribution in [0.2, 0.25) is 0 Å². The number of nitrogens with zero attached hydrogens (tertiary/aromatic N) is 2. The second kappa shape index (κ2) is 7.41. The fourth-order valence-electron chi connectivity index (χ4n) is 1.69. The molecule has 116 valence electrons. The summed E-state index contributed by atoms with van der Waals surface area (Å²) in [6.45, 7) is 5.12. The Morgan fingerprint density at radius 2 is 1.76 bits per heavy atom. The van der Waals surface area contributed by atoms with E-state index in [1.807, 2.05) is 0 Å². The molecule has 0 spiro atoms. The fourth-order valence-corrected chi connectivity index (χ4v) is 1.69. The van der Waals surface area contributed by atoms with Crippen molar-refractivity contribution in [3.05, 3.63) is 17.5 Å². The normalized spacial score (nSPS) is 10.3. The quantitative estimate of drug-likeness (QED) is 0.584. The highest BCUT2D eigenvalue weighted by atomic mass is 16.6. The summed E-state index contributed by atoms with van der Waals surface area (Å²) in [6.07, 6.45) is 0. The molecule has 0 aliphatic carbocycles. The van der Waals surface area contributed by atoms with Gasteiger partial charge in [0.15, 0.2) is 0 Å². The molecule has 1 aromatic heterocycles. The lowest BCUT2D eigenvalue weighted by atomic mass is 10.2. The molecule has 1 heterocycles. The Morgan fingerprint density at radius 1 is 1.24 bits per heavy atom. The van der Waals surface area contributed by atoms with Crippen LogP contribution in [0.3, 0.4) is 0 Å². The lowest BCUT2D eigenvalue weighted by molar-refractivity contribution is -0.157. The maximum Gasteiger partial charge on any atom is 0.340 e. The van der Waals surface area contributed by atoms with Gasteiger partial charge in [-0.3, -0.25) is 9.48 Å². The minimum Gasteiger partial charge on any atom is -0.464 e. The fraction of sp³-hybridized carbons (Fsp3) is 0.538. The SMILES string of the molecule is CCOC(=O)C(NC(=O)c1cc(C)nn1C)C(=O)OCC. The largest absolute Gasteiger partial charge is 0.464 e. The van der Waals surface area contributed by atoms with Crippen LogP contribution in [-0.2, 0) is 26.1 Å². The lowest BCUT2D eigenvalue weighted by Gasteiger charge is -2.15. The predicted molar refractivity (Wildman–Crippen MR) is 72.5 cm³/mol. The van der Waals surface area contributed by atoms with Gasteiger partial charge in [0.05, 0.1) is 18.9 Å². The summed E-state index contributed by atoms with van der Waals surface area (Å²) < 4.78 is 10.9. The van der Waals surface area contributed by atoms with Crippen LogP contribution in [0.4, 0.5) is 0 Å². The molecule has 1 amide bonds. The number of aromatic nitrogens is 2. The van der Waals surface area contributed by atoms with Crippen LogP contribution in [0.1, 0.15) is 30.0 Å². The van der Waals surface area contributed by atoms with Crippen LogP contribution in [0.15, 0.2) is 6.07 Å². The van der Waals surface area contributed by atoms with Gasteiger partial charge in [0.2, 0.25) is 6.04 Å². The first-order valence-corrected chi connectivity index (χ1v) is 6.55. The van der Waals surface area contributed by atoms with Crippen molar-refractivity contribution in [1.29, 1.82) is 0 Å². The highest BCUT2D eigenvalue weighted by Crippen LogP contribution is 2.03. The molecule has 0 saturated heterocycles. The Bertz CT molecular complexity index is 520. The van der Waals surface area contributed by atoms with Gasteiger partial charge in [-0.05, 0) is 26.8 Å². The topological polar surface area (TPSA) is 99.5 Å². The molecule has 0 radical (unpaired) electrons. The molecule has 0 aromatic carbocycles. The number of carbonyl (C=O) groups excluding carboxylic acids is 3. The van der Waals surface area contributed by atoms with E-state index in [0.717, 1.165) is 0 Å². The van der Waals surface area contributed by atoms with E-state index in [9.17, 15) is 14.4 Å². The zero-order valence-corrected chi connectivity index (χ0v) is 12.5. The molecule has 0 unspecified atom stereocenters. The van der Waals surface area contributed by atoms with Gasteiger partial charge in [-0.25, -0.2) is 9.59 Å². The molecule has 1 aromatic rings. The van der Waals surface area contributed by atoms with Gasteiger partial charge in [0.25, 0.3) is 5.91 Å². The number of hydrogen-bond donors (Lipinski definition) is 1. The average molecular weight is 297 g/mol. The molecule has 0 bridgehead atoms. The highest BCUT2D eigenvalue weighted by Gasteiger charge is 2.32. The zero-order chi connectivity index (χ0) is 16.0. The summed E-state index contributed by atoms with van der Waals surface area (Å²) in [6, 6.07) is 0.0514. The van der Waals surface area contributed by atoms with Crippen molar-refractivity contribution in [2.24, 2.45) is 7.05 Å². The summed E-state index contributed by atoms with van der Waals surface area (Å²) in [5.41, 5.74) is 0.873. The van der Waals surface area contributed by atoms with Crippen molar-refractivity contribution in [2.75, 3.05) is 13.2 Å². The molecular formula is C13H19N3O5. The summed E-state index contributed by atoms with van der Waals surface area (Å²) in [4.78, 5) is 35.6. The predicted octanol–water partition coefficient (Wildman–Crippen LogP) is -0.0469. The lowest BCUT2D eigenvalue weighted by Crippen LogP contribution is -2.48. The molecule has 1 rings (SSSR count). The van der Waals surface area contributed by atoms with Crippen molar-refractivity contribution in [2.45, 2.75) is 26.8 Å². The summed E-state index contributed by atoms with van der Waals surface area (Å²) in [5, 5.41) is 6.33. The second-order valence-electron chi connectivity index (χ2n) is 4.21. The molecule has 0 atom stereocenters. The Kier molecular flexibility index (Phi) is 5.89. The average Bonchev–Trinajstić information content (AvgIpc) is 2.75. The molecule has 8 nitrogen and oxygen atoms in total. The molecule has 8 heteroatoms. The Morgan fingerprint density at radius 3 is 2.14 bits per heavy atom. The van der Waals surface area contributed by atoms with Crippen molar-refractivity contribution in [1.82, 2.24) is 15.1 Å². The van der Waals surface area contributed by atoms with Gasteiger partial charge in [0.1, 0.15) is 5.69 Å². The van der Waals surface area contributed by atoms with Crippen LogP contribution in [0, 0.1) is 6.92 Å². The van der Waals surface area contributed by atoms with E-state index in [4.69, 9.17) is 9.47 Å². The van der Waals surface area contributed by atoms with Crippen molar-refractivity contribution in [3.8, 4) is 0 Å². The van der Waals surface area contributed by atoms with Crippen LogP contribution in [0.5, 0.6) is 0 Å². The van der Waals surface area contributed by atoms with Crippen LogP contribution in [-0.4, -0.2) is 46.9 Å². The van der Waals surface area contributed by atoms with E-state index < -0.39 is 23.9 Å². The van der Waals surface area contributed by atoms with Crippen LogP contribution < -0.4 is 5.32 Å². The van der Waals surface area contributed by atoms with Crippen LogP contribution in [0.25, 0.3) is 0 Å². The summed E-state index contributed by atoms with van der Waals surface area (Å²) in [5.74, 6) is -2.32. The number of amides is 1. The molecule has 0 aliphatic rings. The highest BCUT2D eigenvalue weighted by molar-refractivity contribution is 6.05. The number of rotatable bonds is 6. The second-order valence-corrected chi connectivity index (χ2v) is 4.21. The third-order valence-corrected chi connectivity index (χ3v) is 2.55. The molecule has 21 heavy (non-hydrogen) atoms. The van der Waals surface area contributed by atoms with Gasteiger partial charge in [0, 0.05) is 7.05 Å². The first-order chi connectivity index (χ1) is 9.90. The monoisotopic (exact) mass is 297 g/mol. The van der Waals surface area contributed by atoms with E-state index in [-0.39, 0.29) is 18.9 Å². The Labute approximate surface area is 122 Å².